The zero-order valence-corrected chi connectivity index (χ0v) is 14.4. The van der Waals surface area contributed by atoms with Crippen molar-refractivity contribution >= 4 is 21.8 Å². The van der Waals surface area contributed by atoms with E-state index in [0.717, 1.165) is 28.4 Å². The van der Waals surface area contributed by atoms with Crippen LogP contribution in [-0.2, 0) is 4.74 Å². The minimum Gasteiger partial charge on any atom is -0.383 e. The Morgan fingerprint density at radius 1 is 1.35 bits per heavy atom. The van der Waals surface area contributed by atoms with Crippen molar-refractivity contribution in [3.05, 3.63) is 33.8 Å². The number of amides is 1. The van der Waals surface area contributed by atoms with E-state index < -0.39 is 0 Å². The van der Waals surface area contributed by atoms with E-state index in [2.05, 4.69) is 29.8 Å². The molecule has 1 aromatic carbocycles. The van der Waals surface area contributed by atoms with E-state index in [9.17, 15) is 4.79 Å². The summed E-state index contributed by atoms with van der Waals surface area (Å²) in [5, 5.41) is 0. The third-order valence-electron chi connectivity index (χ3n) is 3.60. The summed E-state index contributed by atoms with van der Waals surface area (Å²) in [4.78, 5) is 14.7. The number of nitrogens with zero attached hydrogens (tertiary/aromatic N) is 1. The summed E-state index contributed by atoms with van der Waals surface area (Å²) in [7, 11) is 1.66. The maximum absolute atomic E-state index is 12.7. The lowest BCUT2D eigenvalue weighted by atomic mass is 10.1. The zero-order valence-electron chi connectivity index (χ0n) is 12.8. The molecule has 0 atom stereocenters. The molecule has 0 aliphatic heterocycles. The number of ether oxygens (including phenoxy) is 1. The first-order valence-electron chi connectivity index (χ1n) is 7.11. The molecule has 1 rings (SSSR count). The third-order valence-corrected chi connectivity index (χ3v) is 4.45. The summed E-state index contributed by atoms with van der Waals surface area (Å²) >= 11 is 3.49. The number of benzene rings is 1. The molecule has 20 heavy (non-hydrogen) atoms. The average Bonchev–Trinajstić information content (AvgIpc) is 2.45. The van der Waals surface area contributed by atoms with Crippen LogP contribution in [-0.4, -0.2) is 37.1 Å². The van der Waals surface area contributed by atoms with Crippen molar-refractivity contribution in [2.75, 3.05) is 20.3 Å². The van der Waals surface area contributed by atoms with E-state index in [1.807, 2.05) is 30.0 Å². The molecule has 0 saturated heterocycles. The van der Waals surface area contributed by atoms with Gasteiger partial charge in [-0.15, -0.1) is 0 Å². The molecule has 0 aliphatic rings. The van der Waals surface area contributed by atoms with Gasteiger partial charge in [0.2, 0.25) is 0 Å². The van der Waals surface area contributed by atoms with Crippen molar-refractivity contribution in [3.8, 4) is 0 Å². The second-order valence-corrected chi connectivity index (χ2v) is 5.78. The maximum atomic E-state index is 12.7. The van der Waals surface area contributed by atoms with E-state index in [-0.39, 0.29) is 11.9 Å². The van der Waals surface area contributed by atoms with Crippen LogP contribution in [0.25, 0.3) is 0 Å². The van der Waals surface area contributed by atoms with Gasteiger partial charge in [0.1, 0.15) is 0 Å². The Morgan fingerprint density at radius 3 is 2.50 bits per heavy atom. The van der Waals surface area contributed by atoms with Crippen molar-refractivity contribution in [2.24, 2.45) is 0 Å². The standard InChI is InChI=1S/C16H24BrNO2/c1-5-14(6-2)18(9-10-20-4)16(19)13-8-7-12(3)15(17)11-13/h7-8,11,14H,5-6,9-10H2,1-4H3. The lowest BCUT2D eigenvalue weighted by Gasteiger charge is -2.30. The minimum absolute atomic E-state index is 0.0800. The van der Waals surface area contributed by atoms with Crippen LogP contribution in [0.15, 0.2) is 22.7 Å². The van der Waals surface area contributed by atoms with Crippen LogP contribution >= 0.6 is 15.9 Å². The maximum Gasteiger partial charge on any atom is 0.254 e. The summed E-state index contributed by atoms with van der Waals surface area (Å²) in [6, 6.07) is 6.03. The SMILES string of the molecule is CCC(CC)N(CCOC)C(=O)c1ccc(C)c(Br)c1. The van der Waals surface area contributed by atoms with E-state index in [1.54, 1.807) is 7.11 Å². The van der Waals surface area contributed by atoms with Gasteiger partial charge in [-0.1, -0.05) is 35.8 Å². The number of hydrogen-bond donors (Lipinski definition) is 0. The molecule has 1 amide bonds. The van der Waals surface area contributed by atoms with Crippen LogP contribution in [0.5, 0.6) is 0 Å². The molecule has 0 unspecified atom stereocenters. The van der Waals surface area contributed by atoms with Crippen molar-refractivity contribution in [2.45, 2.75) is 39.7 Å². The molecule has 4 heteroatoms. The molecule has 112 valence electrons. The molecule has 3 nitrogen and oxygen atoms in total. The number of halogens is 1. The van der Waals surface area contributed by atoms with Gasteiger partial charge in [-0.3, -0.25) is 4.79 Å². The Bertz CT molecular complexity index is 444. The highest BCUT2D eigenvalue weighted by molar-refractivity contribution is 9.10. The normalized spacial score (nSPS) is 10.9. The molecule has 0 aliphatic carbocycles. The topological polar surface area (TPSA) is 29.5 Å². The fraction of sp³-hybridized carbons (Fsp3) is 0.562. The van der Waals surface area contributed by atoms with Gasteiger partial charge in [0.15, 0.2) is 0 Å². The molecule has 0 bridgehead atoms. The smallest absolute Gasteiger partial charge is 0.254 e. The highest BCUT2D eigenvalue weighted by Gasteiger charge is 2.22. The summed E-state index contributed by atoms with van der Waals surface area (Å²) in [6.45, 7) is 7.45. The molecular weight excluding hydrogens is 318 g/mol. The van der Waals surface area contributed by atoms with Gasteiger partial charge in [0.25, 0.3) is 5.91 Å². The lowest BCUT2D eigenvalue weighted by molar-refractivity contribution is 0.0589. The Hall–Kier alpha value is -0.870. The monoisotopic (exact) mass is 341 g/mol. The lowest BCUT2D eigenvalue weighted by Crippen LogP contribution is -2.41. The average molecular weight is 342 g/mol. The predicted octanol–water partition coefficient (Wildman–Crippen LogP) is 4.03. The molecule has 0 saturated carbocycles. The second-order valence-electron chi connectivity index (χ2n) is 4.93. The molecule has 0 aromatic heterocycles. The highest BCUT2D eigenvalue weighted by atomic mass is 79.9. The molecule has 1 aromatic rings. The van der Waals surface area contributed by atoms with E-state index in [0.29, 0.717) is 13.2 Å². The molecule has 0 radical (unpaired) electrons. The van der Waals surface area contributed by atoms with Gasteiger partial charge < -0.3 is 9.64 Å². The highest BCUT2D eigenvalue weighted by Crippen LogP contribution is 2.20. The minimum atomic E-state index is 0.0800. The number of aryl methyl sites for hydroxylation is 1. The van der Waals surface area contributed by atoms with E-state index in [4.69, 9.17) is 4.74 Å². The van der Waals surface area contributed by atoms with Crippen molar-refractivity contribution in [3.63, 3.8) is 0 Å². The third kappa shape index (κ3) is 4.32. The Balaban J connectivity index is 2.99. The zero-order chi connectivity index (χ0) is 15.1. The number of methoxy groups -OCH3 is 1. The number of hydrogen-bond acceptors (Lipinski definition) is 2. The van der Waals surface area contributed by atoms with Crippen LogP contribution in [0.2, 0.25) is 0 Å². The van der Waals surface area contributed by atoms with Crippen molar-refractivity contribution in [1.82, 2.24) is 4.90 Å². The first kappa shape index (κ1) is 17.2. The van der Waals surface area contributed by atoms with Crippen LogP contribution in [0.4, 0.5) is 0 Å². The summed E-state index contributed by atoms with van der Waals surface area (Å²) in [6.07, 6.45) is 1.91. The van der Waals surface area contributed by atoms with Crippen molar-refractivity contribution < 1.29 is 9.53 Å². The van der Waals surface area contributed by atoms with Gasteiger partial charge in [-0.25, -0.2) is 0 Å². The quantitative estimate of drug-likeness (QED) is 0.749. The van der Waals surface area contributed by atoms with Crippen molar-refractivity contribution in [1.29, 1.82) is 0 Å². The predicted molar refractivity (Wildman–Crippen MR) is 86.2 cm³/mol. The molecule has 0 spiro atoms. The number of rotatable bonds is 7. The van der Waals surface area contributed by atoms with Gasteiger partial charge in [-0.2, -0.15) is 0 Å². The second kappa shape index (κ2) is 8.42. The van der Waals surface area contributed by atoms with Gasteiger partial charge >= 0.3 is 0 Å². The summed E-state index contributed by atoms with van der Waals surface area (Å²) < 4.78 is 6.11. The first-order valence-corrected chi connectivity index (χ1v) is 7.90. The largest absolute Gasteiger partial charge is 0.383 e. The summed E-state index contributed by atoms with van der Waals surface area (Å²) in [5.74, 6) is 0.0800. The van der Waals surface area contributed by atoms with E-state index in [1.165, 1.54) is 0 Å². The van der Waals surface area contributed by atoms with Crippen LogP contribution in [0.3, 0.4) is 0 Å². The van der Waals surface area contributed by atoms with Gasteiger partial charge in [-0.05, 0) is 37.5 Å². The van der Waals surface area contributed by atoms with Gasteiger partial charge in [0, 0.05) is 29.7 Å². The fourth-order valence-corrected chi connectivity index (χ4v) is 2.64. The van der Waals surface area contributed by atoms with Crippen LogP contribution in [0, 0.1) is 6.92 Å². The van der Waals surface area contributed by atoms with E-state index >= 15 is 0 Å². The Labute approximate surface area is 130 Å². The summed E-state index contributed by atoms with van der Waals surface area (Å²) in [5.41, 5.74) is 1.86. The van der Waals surface area contributed by atoms with Crippen LogP contribution < -0.4 is 0 Å². The molecule has 0 heterocycles. The first-order chi connectivity index (χ1) is 9.54. The Morgan fingerprint density at radius 2 is 2.00 bits per heavy atom. The van der Waals surface area contributed by atoms with Crippen LogP contribution in [0.1, 0.15) is 42.6 Å². The molecule has 0 fully saturated rings. The number of carbonyl (C=O) groups is 1. The number of carbonyl (C=O) groups excluding carboxylic acids is 1. The fourth-order valence-electron chi connectivity index (χ4n) is 2.26. The van der Waals surface area contributed by atoms with Gasteiger partial charge in [0.05, 0.1) is 6.61 Å². The molecule has 0 N–H and O–H groups in total. The Kier molecular flexibility index (Phi) is 7.24. The molecular formula is C16H24BrNO2.